The molecule has 4 nitrogen and oxygen atoms in total. The van der Waals surface area contributed by atoms with Crippen LogP contribution < -0.4 is 0 Å². The summed E-state index contributed by atoms with van der Waals surface area (Å²) >= 11 is 0. The van der Waals surface area contributed by atoms with Gasteiger partial charge in [-0.1, -0.05) is 26.7 Å². The van der Waals surface area contributed by atoms with Crippen molar-refractivity contribution in [1.29, 1.82) is 0 Å². The van der Waals surface area contributed by atoms with Gasteiger partial charge in [-0.15, -0.1) is 0 Å². The fourth-order valence-corrected chi connectivity index (χ4v) is 3.46. The van der Waals surface area contributed by atoms with Gasteiger partial charge in [-0.05, 0) is 32.1 Å². The van der Waals surface area contributed by atoms with Gasteiger partial charge in [0, 0.05) is 44.7 Å². The van der Waals surface area contributed by atoms with Crippen molar-refractivity contribution in [2.75, 3.05) is 13.1 Å². The molecule has 1 heterocycles. The summed E-state index contributed by atoms with van der Waals surface area (Å²) in [6.07, 6.45) is 7.20. The number of nitrogens with zero attached hydrogens (tertiary/aromatic N) is 1. The zero-order valence-electron chi connectivity index (χ0n) is 15.1. The molecule has 1 amide bonds. The Morgan fingerprint density at radius 3 is 2.04 bits per heavy atom. The van der Waals surface area contributed by atoms with Gasteiger partial charge in [0.15, 0.2) is 0 Å². The van der Waals surface area contributed by atoms with Gasteiger partial charge >= 0.3 is 0 Å². The predicted octanol–water partition coefficient (Wildman–Crippen LogP) is 3.77. The molecule has 1 saturated heterocycles. The molecule has 1 unspecified atom stereocenters. The average molecular weight is 323 g/mol. The minimum atomic E-state index is -0.113. The second kappa shape index (κ2) is 10.6. The summed E-state index contributed by atoms with van der Waals surface area (Å²) in [4.78, 5) is 38.2. The van der Waals surface area contributed by atoms with E-state index >= 15 is 0 Å². The molecule has 0 aromatic heterocycles. The molecule has 0 radical (unpaired) electrons. The standard InChI is InChI=1S/C19H33NO3/c1-4-16-10-6-8-12-20(15(3)21)13-9-7-11-17(19(16)23)14-18(22)5-2/h16-17H,4-14H2,1-3H3/t16-,17?/m0/s1. The molecule has 0 aromatic carbocycles. The highest BCUT2D eigenvalue weighted by atomic mass is 16.2. The van der Waals surface area contributed by atoms with E-state index < -0.39 is 0 Å². The Morgan fingerprint density at radius 2 is 1.57 bits per heavy atom. The number of Topliss-reactive ketones (excluding diaryl/α,β-unsaturated/α-hetero) is 2. The highest BCUT2D eigenvalue weighted by Gasteiger charge is 2.27. The van der Waals surface area contributed by atoms with Gasteiger partial charge < -0.3 is 4.90 Å². The molecule has 4 heteroatoms. The smallest absolute Gasteiger partial charge is 0.219 e. The van der Waals surface area contributed by atoms with E-state index in [1.807, 2.05) is 11.8 Å². The SMILES string of the molecule is CCC(=O)CC1CCCCN(C(C)=O)CCCC[C@H](CC)C1=O. The Kier molecular flexibility index (Phi) is 9.12. The first-order valence-electron chi connectivity index (χ1n) is 9.30. The van der Waals surface area contributed by atoms with Crippen molar-refractivity contribution >= 4 is 17.5 Å². The molecule has 1 aliphatic heterocycles. The van der Waals surface area contributed by atoms with E-state index in [4.69, 9.17) is 0 Å². The molecule has 1 fully saturated rings. The molecular weight excluding hydrogens is 290 g/mol. The second-order valence-corrected chi connectivity index (χ2v) is 6.80. The minimum Gasteiger partial charge on any atom is -0.343 e. The molecule has 0 saturated carbocycles. The van der Waals surface area contributed by atoms with Crippen LogP contribution in [0, 0.1) is 11.8 Å². The van der Waals surface area contributed by atoms with Crippen molar-refractivity contribution in [3.63, 3.8) is 0 Å². The normalized spacial score (nSPS) is 24.7. The molecule has 2 atom stereocenters. The lowest BCUT2D eigenvalue weighted by molar-refractivity contribution is -0.131. The third kappa shape index (κ3) is 6.84. The monoisotopic (exact) mass is 323 g/mol. The lowest BCUT2D eigenvalue weighted by atomic mass is 9.81. The zero-order valence-corrected chi connectivity index (χ0v) is 15.1. The third-order valence-corrected chi connectivity index (χ3v) is 5.07. The van der Waals surface area contributed by atoms with Gasteiger partial charge in [0.05, 0.1) is 0 Å². The molecule has 132 valence electrons. The number of hydrogen-bond acceptors (Lipinski definition) is 3. The first-order chi connectivity index (χ1) is 11.0. The van der Waals surface area contributed by atoms with E-state index in [1.165, 1.54) is 0 Å². The van der Waals surface area contributed by atoms with Gasteiger partial charge in [0.1, 0.15) is 11.6 Å². The van der Waals surface area contributed by atoms with Gasteiger partial charge in [0.2, 0.25) is 5.91 Å². The van der Waals surface area contributed by atoms with Crippen molar-refractivity contribution in [3.05, 3.63) is 0 Å². The maximum Gasteiger partial charge on any atom is 0.219 e. The number of ketones is 2. The molecule has 0 aliphatic carbocycles. The van der Waals surface area contributed by atoms with Crippen molar-refractivity contribution in [2.45, 2.75) is 78.6 Å². The zero-order chi connectivity index (χ0) is 17.2. The first-order valence-corrected chi connectivity index (χ1v) is 9.30. The van der Waals surface area contributed by atoms with E-state index in [-0.39, 0.29) is 23.5 Å². The highest BCUT2D eigenvalue weighted by molar-refractivity contribution is 5.89. The van der Waals surface area contributed by atoms with Crippen molar-refractivity contribution < 1.29 is 14.4 Å². The molecule has 0 N–H and O–H groups in total. The first kappa shape index (κ1) is 19.9. The summed E-state index contributed by atoms with van der Waals surface area (Å²) in [5.41, 5.74) is 0. The van der Waals surface area contributed by atoms with Crippen molar-refractivity contribution in [2.24, 2.45) is 11.8 Å². The summed E-state index contributed by atoms with van der Waals surface area (Å²) in [6.45, 7) is 7.14. The van der Waals surface area contributed by atoms with Crippen LogP contribution in [0.25, 0.3) is 0 Å². The van der Waals surface area contributed by atoms with E-state index in [0.29, 0.717) is 18.6 Å². The maximum absolute atomic E-state index is 12.8. The van der Waals surface area contributed by atoms with E-state index in [1.54, 1.807) is 6.92 Å². The maximum atomic E-state index is 12.8. The van der Waals surface area contributed by atoms with Crippen LogP contribution in [0.2, 0.25) is 0 Å². The Hall–Kier alpha value is -1.19. The largest absolute Gasteiger partial charge is 0.343 e. The Morgan fingerprint density at radius 1 is 1.00 bits per heavy atom. The Bertz CT molecular complexity index is 405. The van der Waals surface area contributed by atoms with Crippen LogP contribution in [0.1, 0.15) is 78.6 Å². The second-order valence-electron chi connectivity index (χ2n) is 6.80. The lowest BCUT2D eigenvalue weighted by Crippen LogP contribution is -2.32. The molecule has 0 spiro atoms. The molecule has 23 heavy (non-hydrogen) atoms. The number of amides is 1. The number of carbonyl (C=O) groups is 3. The van der Waals surface area contributed by atoms with Crippen LogP contribution >= 0.6 is 0 Å². The van der Waals surface area contributed by atoms with Crippen LogP contribution in [0.15, 0.2) is 0 Å². The van der Waals surface area contributed by atoms with Crippen LogP contribution in [-0.4, -0.2) is 35.5 Å². The number of carbonyl (C=O) groups excluding carboxylic acids is 3. The summed E-state index contributed by atoms with van der Waals surface area (Å²) in [6, 6.07) is 0. The molecule has 1 aliphatic rings. The van der Waals surface area contributed by atoms with Gasteiger partial charge in [-0.2, -0.15) is 0 Å². The molecule has 0 aromatic rings. The van der Waals surface area contributed by atoms with Crippen molar-refractivity contribution in [3.8, 4) is 0 Å². The van der Waals surface area contributed by atoms with Gasteiger partial charge in [0.25, 0.3) is 0 Å². The van der Waals surface area contributed by atoms with E-state index in [9.17, 15) is 14.4 Å². The Balaban J connectivity index is 2.76. The van der Waals surface area contributed by atoms with Crippen LogP contribution in [0.5, 0.6) is 0 Å². The van der Waals surface area contributed by atoms with Gasteiger partial charge in [-0.25, -0.2) is 0 Å². The number of rotatable bonds is 4. The van der Waals surface area contributed by atoms with Gasteiger partial charge in [-0.3, -0.25) is 14.4 Å². The third-order valence-electron chi connectivity index (χ3n) is 5.07. The van der Waals surface area contributed by atoms with Crippen LogP contribution in [0.4, 0.5) is 0 Å². The summed E-state index contributed by atoms with van der Waals surface area (Å²) in [5.74, 6) is 0.601. The topological polar surface area (TPSA) is 54.5 Å². The summed E-state index contributed by atoms with van der Waals surface area (Å²) < 4.78 is 0. The average Bonchev–Trinajstić information content (AvgIpc) is 2.53. The lowest BCUT2D eigenvalue weighted by Gasteiger charge is -2.25. The van der Waals surface area contributed by atoms with Crippen LogP contribution in [0.3, 0.4) is 0 Å². The summed E-state index contributed by atoms with van der Waals surface area (Å²) in [7, 11) is 0. The predicted molar refractivity (Wildman–Crippen MR) is 92.1 cm³/mol. The quantitative estimate of drug-likeness (QED) is 0.791. The van der Waals surface area contributed by atoms with E-state index in [2.05, 4.69) is 6.92 Å². The summed E-state index contributed by atoms with van der Waals surface area (Å²) in [5, 5.41) is 0. The minimum absolute atomic E-state index is 0.0786. The molecule has 0 bridgehead atoms. The van der Waals surface area contributed by atoms with Crippen LogP contribution in [-0.2, 0) is 14.4 Å². The van der Waals surface area contributed by atoms with E-state index in [0.717, 1.165) is 58.0 Å². The highest BCUT2D eigenvalue weighted by Crippen LogP contribution is 2.25. The van der Waals surface area contributed by atoms with Crippen molar-refractivity contribution in [1.82, 2.24) is 4.90 Å². The fourth-order valence-electron chi connectivity index (χ4n) is 3.46. The molecule has 1 rings (SSSR count). The fraction of sp³-hybridized carbons (Fsp3) is 0.842. The Labute approximate surface area is 141 Å². The number of hydrogen-bond donors (Lipinski definition) is 0. The molecular formula is C19H33NO3.